The molecule has 0 aliphatic carbocycles. The zero-order valence-corrected chi connectivity index (χ0v) is 20.8. The number of para-hydroxylation sites is 1. The van der Waals surface area contributed by atoms with Crippen molar-refractivity contribution in [2.24, 2.45) is 0 Å². The number of esters is 3. The molecule has 0 atom stereocenters. The summed E-state index contributed by atoms with van der Waals surface area (Å²) in [6, 6.07) is 16.1. The molecular weight excluding hydrogens is 432 g/mol. The van der Waals surface area contributed by atoms with Gasteiger partial charge in [0.15, 0.2) is 0 Å². The highest BCUT2D eigenvalue weighted by atomic mass is 16.6. The van der Waals surface area contributed by atoms with Crippen molar-refractivity contribution in [2.75, 3.05) is 0 Å². The van der Waals surface area contributed by atoms with Gasteiger partial charge >= 0.3 is 17.9 Å². The minimum atomic E-state index is -0.407. The lowest BCUT2D eigenvalue weighted by Crippen LogP contribution is -2.23. The average molecular weight is 467 g/mol. The predicted molar refractivity (Wildman–Crippen MR) is 135 cm³/mol. The first-order chi connectivity index (χ1) is 15.7. The standard InChI is InChI=1S/2C10H10O2.C8H14O2/c1-8(2)10(11)12-9-6-4-3-5-7-9;1-3-9-4-6-10(7-5-9)12-8(2)11;1-6(2)7(9)10-8(3,4)5/h2*3-7H,1H2,2H3;1H2,2-5H3. The quantitative estimate of drug-likeness (QED) is 0.291. The Hall–Kier alpha value is -3.93. The van der Waals surface area contributed by atoms with Crippen LogP contribution in [-0.4, -0.2) is 23.5 Å². The number of carbonyl (C=O) groups excluding carboxylic acids is 3. The molecule has 2 rings (SSSR count). The van der Waals surface area contributed by atoms with Crippen LogP contribution < -0.4 is 9.47 Å². The molecule has 0 radical (unpaired) electrons. The Balaban J connectivity index is 0.000000484. The third kappa shape index (κ3) is 15.0. The first kappa shape index (κ1) is 30.1. The lowest BCUT2D eigenvalue weighted by molar-refractivity contribution is -0.149. The Morgan fingerprint density at radius 1 is 0.735 bits per heavy atom. The second-order valence-corrected chi connectivity index (χ2v) is 8.13. The summed E-state index contributed by atoms with van der Waals surface area (Å²) in [5.74, 6) is 0.0913. The fourth-order valence-corrected chi connectivity index (χ4v) is 1.89. The molecule has 6 heteroatoms. The molecule has 6 nitrogen and oxygen atoms in total. The van der Waals surface area contributed by atoms with E-state index >= 15 is 0 Å². The van der Waals surface area contributed by atoms with Crippen molar-refractivity contribution in [3.63, 3.8) is 0 Å². The van der Waals surface area contributed by atoms with Gasteiger partial charge in [0.05, 0.1) is 0 Å². The second-order valence-electron chi connectivity index (χ2n) is 8.13. The van der Waals surface area contributed by atoms with Gasteiger partial charge in [-0.25, -0.2) is 9.59 Å². The topological polar surface area (TPSA) is 78.9 Å². The Morgan fingerprint density at radius 3 is 1.56 bits per heavy atom. The molecular formula is C28H34O6. The number of ether oxygens (including phenoxy) is 3. The van der Waals surface area contributed by atoms with Crippen LogP contribution >= 0.6 is 0 Å². The molecule has 0 fully saturated rings. The number of carbonyl (C=O) groups is 3. The van der Waals surface area contributed by atoms with E-state index in [1.807, 2.05) is 39.0 Å². The maximum atomic E-state index is 11.0. The maximum Gasteiger partial charge on any atom is 0.338 e. The van der Waals surface area contributed by atoms with E-state index in [4.69, 9.17) is 14.2 Å². The Labute approximate surface area is 202 Å². The van der Waals surface area contributed by atoms with Crippen LogP contribution in [0.3, 0.4) is 0 Å². The highest BCUT2D eigenvalue weighted by Crippen LogP contribution is 2.13. The van der Waals surface area contributed by atoms with E-state index in [2.05, 4.69) is 19.7 Å². The Morgan fingerprint density at radius 2 is 1.21 bits per heavy atom. The van der Waals surface area contributed by atoms with Crippen molar-refractivity contribution in [3.8, 4) is 11.5 Å². The minimum absolute atomic E-state index is 0.304. The lowest BCUT2D eigenvalue weighted by atomic mass is 10.2. The summed E-state index contributed by atoms with van der Waals surface area (Å²) in [5, 5.41) is 0. The molecule has 0 aliphatic rings. The number of rotatable bonds is 5. The van der Waals surface area contributed by atoms with Gasteiger partial charge in [0.2, 0.25) is 0 Å². The van der Waals surface area contributed by atoms with Crippen LogP contribution in [0.1, 0.15) is 47.1 Å². The highest BCUT2D eigenvalue weighted by Gasteiger charge is 2.15. The molecule has 0 aromatic heterocycles. The molecule has 182 valence electrons. The highest BCUT2D eigenvalue weighted by molar-refractivity contribution is 5.88. The fraction of sp³-hybridized carbons (Fsp3) is 0.250. The zero-order chi connectivity index (χ0) is 26.3. The Bertz CT molecular complexity index is 980. The van der Waals surface area contributed by atoms with E-state index < -0.39 is 5.60 Å². The SMILES string of the molecule is C=C(C)C(=O)OC(C)(C)C.C=C(C)C(=O)Oc1ccccc1.C=Cc1ccc(OC(C)=O)cc1. The maximum absolute atomic E-state index is 11.0. The average Bonchev–Trinajstić information content (AvgIpc) is 2.74. The molecule has 0 heterocycles. The van der Waals surface area contributed by atoms with Crippen LogP contribution in [0.15, 0.2) is 85.5 Å². The third-order valence-corrected chi connectivity index (χ3v) is 3.43. The summed E-state index contributed by atoms with van der Waals surface area (Å²) in [4.78, 5) is 32.4. The van der Waals surface area contributed by atoms with E-state index in [1.54, 1.807) is 56.3 Å². The second kappa shape index (κ2) is 15.0. The van der Waals surface area contributed by atoms with E-state index in [0.717, 1.165) is 5.56 Å². The van der Waals surface area contributed by atoms with Crippen molar-refractivity contribution in [2.45, 2.75) is 47.1 Å². The molecule has 34 heavy (non-hydrogen) atoms. The summed E-state index contributed by atoms with van der Waals surface area (Å²) in [7, 11) is 0. The van der Waals surface area contributed by atoms with Gasteiger partial charge in [-0.2, -0.15) is 0 Å². The molecule has 0 spiro atoms. The van der Waals surface area contributed by atoms with Gasteiger partial charge in [-0.1, -0.05) is 56.1 Å². The van der Waals surface area contributed by atoms with Gasteiger partial charge < -0.3 is 14.2 Å². The van der Waals surface area contributed by atoms with Crippen LogP contribution in [-0.2, 0) is 19.1 Å². The molecule has 0 N–H and O–H groups in total. The number of benzene rings is 2. The van der Waals surface area contributed by atoms with E-state index in [9.17, 15) is 14.4 Å². The first-order valence-electron chi connectivity index (χ1n) is 10.5. The van der Waals surface area contributed by atoms with Gasteiger partial charge in [0.25, 0.3) is 0 Å². The fourth-order valence-electron chi connectivity index (χ4n) is 1.89. The third-order valence-electron chi connectivity index (χ3n) is 3.43. The first-order valence-corrected chi connectivity index (χ1v) is 10.5. The molecule has 2 aromatic rings. The molecule has 0 saturated carbocycles. The van der Waals surface area contributed by atoms with Gasteiger partial charge in [-0.15, -0.1) is 0 Å². The molecule has 0 unspecified atom stereocenters. The molecule has 0 amide bonds. The zero-order valence-electron chi connectivity index (χ0n) is 20.8. The summed E-state index contributed by atoms with van der Waals surface area (Å²) >= 11 is 0. The van der Waals surface area contributed by atoms with Crippen molar-refractivity contribution < 1.29 is 28.6 Å². The monoisotopic (exact) mass is 466 g/mol. The van der Waals surface area contributed by atoms with Crippen LogP contribution in [0, 0.1) is 0 Å². The molecule has 0 aliphatic heterocycles. The van der Waals surface area contributed by atoms with Crippen LogP contribution in [0.4, 0.5) is 0 Å². The van der Waals surface area contributed by atoms with Crippen LogP contribution in [0.2, 0.25) is 0 Å². The number of hydrogen-bond donors (Lipinski definition) is 0. The van der Waals surface area contributed by atoms with Crippen molar-refractivity contribution in [1.82, 2.24) is 0 Å². The summed E-state index contributed by atoms with van der Waals surface area (Å²) in [5.41, 5.74) is 1.44. The number of hydrogen-bond acceptors (Lipinski definition) is 6. The molecule has 0 saturated heterocycles. The van der Waals surface area contributed by atoms with Crippen molar-refractivity contribution >= 4 is 24.0 Å². The summed E-state index contributed by atoms with van der Waals surface area (Å²) in [6.45, 7) is 20.7. The minimum Gasteiger partial charge on any atom is -0.457 e. The van der Waals surface area contributed by atoms with Crippen molar-refractivity contribution in [3.05, 3.63) is 91.0 Å². The normalized spacial score (nSPS) is 9.59. The largest absolute Gasteiger partial charge is 0.457 e. The van der Waals surface area contributed by atoms with E-state index in [1.165, 1.54) is 6.92 Å². The van der Waals surface area contributed by atoms with Crippen molar-refractivity contribution in [1.29, 1.82) is 0 Å². The van der Waals surface area contributed by atoms with E-state index in [-0.39, 0.29) is 17.9 Å². The molecule has 0 bridgehead atoms. The van der Waals surface area contributed by atoms with Gasteiger partial charge in [0, 0.05) is 18.1 Å². The summed E-state index contributed by atoms with van der Waals surface area (Å²) < 4.78 is 14.7. The summed E-state index contributed by atoms with van der Waals surface area (Å²) in [6.07, 6.45) is 1.73. The van der Waals surface area contributed by atoms with Gasteiger partial charge in [-0.05, 0) is 64.4 Å². The van der Waals surface area contributed by atoms with Crippen LogP contribution in [0.5, 0.6) is 11.5 Å². The van der Waals surface area contributed by atoms with Crippen LogP contribution in [0.25, 0.3) is 6.08 Å². The Kier molecular flexibility index (Phi) is 13.3. The predicted octanol–water partition coefficient (Wildman–Crippen LogP) is 6.33. The van der Waals surface area contributed by atoms with Gasteiger partial charge in [-0.3, -0.25) is 4.79 Å². The van der Waals surface area contributed by atoms with E-state index in [0.29, 0.717) is 22.6 Å². The smallest absolute Gasteiger partial charge is 0.338 e. The lowest BCUT2D eigenvalue weighted by Gasteiger charge is -2.19. The van der Waals surface area contributed by atoms with Gasteiger partial charge in [0.1, 0.15) is 17.1 Å². The molecule has 2 aromatic carbocycles.